The van der Waals surface area contributed by atoms with E-state index >= 15 is 0 Å². The van der Waals surface area contributed by atoms with E-state index in [0.29, 0.717) is 0 Å². The first kappa shape index (κ1) is 12.0. The Labute approximate surface area is 113 Å². The van der Waals surface area contributed by atoms with Crippen molar-refractivity contribution in [3.8, 4) is 0 Å². The van der Waals surface area contributed by atoms with Crippen LogP contribution in [-0.4, -0.2) is 36.4 Å². The Hall–Kier alpha value is -3.09. The normalized spacial score (nSPS) is 10.4. The summed E-state index contributed by atoms with van der Waals surface area (Å²) in [5, 5.41) is 7.68. The molecule has 0 N–H and O–H groups in total. The van der Waals surface area contributed by atoms with Gasteiger partial charge in [-0.25, -0.2) is 14.3 Å². The summed E-state index contributed by atoms with van der Waals surface area (Å²) in [6.45, 7) is 0. The fraction of sp³-hybridized carbons (Fsp3) is 0. The Morgan fingerprint density at radius 2 is 1.30 bits per heavy atom. The van der Waals surface area contributed by atoms with Crippen LogP contribution in [0, 0.1) is 0 Å². The summed E-state index contributed by atoms with van der Waals surface area (Å²) in [5.74, 6) is -0.796. The Morgan fingerprint density at radius 3 is 1.70 bits per heavy atom. The zero-order valence-corrected chi connectivity index (χ0v) is 10.2. The van der Waals surface area contributed by atoms with Crippen LogP contribution in [0.5, 0.6) is 0 Å². The first-order valence-corrected chi connectivity index (χ1v) is 5.81. The van der Waals surface area contributed by atoms with Crippen LogP contribution in [0.3, 0.4) is 0 Å². The molecule has 0 atom stereocenters. The minimum absolute atomic E-state index is 0.145. The van der Waals surface area contributed by atoms with E-state index in [1.807, 2.05) is 0 Å². The van der Waals surface area contributed by atoms with Crippen LogP contribution in [-0.2, 0) is 0 Å². The van der Waals surface area contributed by atoms with Crippen molar-refractivity contribution in [3.05, 3.63) is 66.5 Å². The first-order chi connectivity index (χ1) is 9.75. The van der Waals surface area contributed by atoms with Gasteiger partial charge in [0.1, 0.15) is 11.4 Å². The highest BCUT2D eigenvalue weighted by Gasteiger charge is 2.15. The Morgan fingerprint density at radius 1 is 0.800 bits per heavy atom. The third kappa shape index (κ3) is 2.12. The highest BCUT2D eigenvalue weighted by molar-refractivity contribution is 5.97. The van der Waals surface area contributed by atoms with Gasteiger partial charge in [0.25, 0.3) is 11.8 Å². The van der Waals surface area contributed by atoms with Gasteiger partial charge in [-0.1, -0.05) is 6.07 Å². The molecule has 7 heteroatoms. The van der Waals surface area contributed by atoms with E-state index in [0.717, 1.165) is 9.36 Å². The minimum atomic E-state index is -0.398. The lowest BCUT2D eigenvalue weighted by Crippen LogP contribution is -2.18. The Balaban J connectivity index is 1.94. The lowest BCUT2D eigenvalue weighted by Gasteiger charge is -2.03. The highest BCUT2D eigenvalue weighted by Crippen LogP contribution is 2.04. The number of rotatable bonds is 2. The summed E-state index contributed by atoms with van der Waals surface area (Å²) in [7, 11) is 0. The van der Waals surface area contributed by atoms with Crippen LogP contribution < -0.4 is 0 Å². The Kier molecular flexibility index (Phi) is 2.92. The summed E-state index contributed by atoms with van der Waals surface area (Å²) < 4.78 is 2.31. The van der Waals surface area contributed by atoms with E-state index in [4.69, 9.17) is 0 Å². The standard InChI is InChI=1S/C13H9N5O2/c19-12(17-8-2-6-14-17)10-4-1-5-11(16-10)13(20)18-9-3-7-15-18/h1-9H. The maximum Gasteiger partial charge on any atom is 0.296 e. The van der Waals surface area contributed by atoms with Crippen molar-refractivity contribution in [1.82, 2.24) is 24.5 Å². The molecule has 0 spiro atoms. The number of carbonyl (C=O) groups is 2. The summed E-state index contributed by atoms with van der Waals surface area (Å²) in [6, 6.07) is 7.93. The molecule has 3 heterocycles. The van der Waals surface area contributed by atoms with Gasteiger partial charge in [0, 0.05) is 24.8 Å². The molecule has 0 unspecified atom stereocenters. The minimum Gasteiger partial charge on any atom is -0.265 e. The van der Waals surface area contributed by atoms with Crippen LogP contribution in [0.2, 0.25) is 0 Å². The molecular weight excluding hydrogens is 258 g/mol. The van der Waals surface area contributed by atoms with Crippen molar-refractivity contribution in [3.63, 3.8) is 0 Å². The molecule has 0 saturated heterocycles. The summed E-state index contributed by atoms with van der Waals surface area (Å²) >= 11 is 0. The van der Waals surface area contributed by atoms with Crippen molar-refractivity contribution in [1.29, 1.82) is 0 Å². The second-order valence-corrected chi connectivity index (χ2v) is 3.92. The average Bonchev–Trinajstić information content (AvgIpc) is 3.18. The molecule has 3 aromatic heterocycles. The van der Waals surface area contributed by atoms with E-state index in [2.05, 4.69) is 15.2 Å². The van der Waals surface area contributed by atoms with Crippen molar-refractivity contribution in [2.24, 2.45) is 0 Å². The van der Waals surface area contributed by atoms with Gasteiger partial charge in [0.05, 0.1) is 0 Å². The van der Waals surface area contributed by atoms with Gasteiger partial charge in [-0.3, -0.25) is 9.59 Å². The van der Waals surface area contributed by atoms with E-state index in [-0.39, 0.29) is 11.4 Å². The van der Waals surface area contributed by atoms with Gasteiger partial charge < -0.3 is 0 Å². The lowest BCUT2D eigenvalue weighted by atomic mass is 10.3. The monoisotopic (exact) mass is 267 g/mol. The molecular formula is C13H9N5O2. The predicted molar refractivity (Wildman–Crippen MR) is 68.1 cm³/mol. The number of nitrogens with zero attached hydrogens (tertiary/aromatic N) is 5. The van der Waals surface area contributed by atoms with Crippen LogP contribution in [0.25, 0.3) is 0 Å². The van der Waals surface area contributed by atoms with Crippen LogP contribution in [0.4, 0.5) is 0 Å². The van der Waals surface area contributed by atoms with Crippen LogP contribution in [0.15, 0.2) is 55.1 Å². The highest BCUT2D eigenvalue weighted by atomic mass is 16.2. The van der Waals surface area contributed by atoms with Crippen molar-refractivity contribution < 1.29 is 9.59 Å². The van der Waals surface area contributed by atoms with Crippen LogP contribution >= 0.6 is 0 Å². The van der Waals surface area contributed by atoms with E-state index in [1.54, 1.807) is 18.2 Å². The summed E-state index contributed by atoms with van der Waals surface area (Å²) in [6.07, 6.45) is 6.03. The molecule has 3 aromatic rings. The molecule has 0 bridgehead atoms. The summed E-state index contributed by atoms with van der Waals surface area (Å²) in [4.78, 5) is 28.2. The topological polar surface area (TPSA) is 82.7 Å². The second kappa shape index (κ2) is 4.88. The van der Waals surface area contributed by atoms with Gasteiger partial charge in [0.2, 0.25) is 0 Å². The van der Waals surface area contributed by atoms with Crippen molar-refractivity contribution in [2.45, 2.75) is 0 Å². The SMILES string of the molecule is O=C(c1cccc(C(=O)n2cccn2)n1)n1cccn1. The zero-order valence-electron chi connectivity index (χ0n) is 10.2. The number of hydrogen-bond donors (Lipinski definition) is 0. The molecule has 0 aliphatic heterocycles. The maximum absolute atomic E-state index is 12.1. The Bertz CT molecular complexity index is 685. The molecule has 98 valence electrons. The fourth-order valence-electron chi connectivity index (χ4n) is 1.69. The molecule has 3 rings (SSSR count). The number of hydrogen-bond acceptors (Lipinski definition) is 5. The number of pyridine rings is 1. The largest absolute Gasteiger partial charge is 0.296 e. The maximum atomic E-state index is 12.1. The number of carbonyl (C=O) groups excluding carboxylic acids is 2. The average molecular weight is 267 g/mol. The lowest BCUT2D eigenvalue weighted by molar-refractivity contribution is 0.0935. The van der Waals surface area contributed by atoms with Crippen molar-refractivity contribution in [2.75, 3.05) is 0 Å². The molecule has 0 aliphatic carbocycles. The van der Waals surface area contributed by atoms with E-state index in [9.17, 15) is 9.59 Å². The second-order valence-electron chi connectivity index (χ2n) is 3.92. The van der Waals surface area contributed by atoms with Gasteiger partial charge in [-0.15, -0.1) is 0 Å². The molecule has 0 saturated carbocycles. The molecule has 0 amide bonds. The number of aromatic nitrogens is 5. The van der Waals surface area contributed by atoms with Gasteiger partial charge in [-0.05, 0) is 24.3 Å². The third-order valence-corrected chi connectivity index (χ3v) is 2.61. The van der Waals surface area contributed by atoms with Crippen LogP contribution in [0.1, 0.15) is 21.0 Å². The molecule has 0 aromatic carbocycles. The van der Waals surface area contributed by atoms with Gasteiger partial charge in [-0.2, -0.15) is 10.2 Å². The molecule has 20 heavy (non-hydrogen) atoms. The fourth-order valence-corrected chi connectivity index (χ4v) is 1.69. The third-order valence-electron chi connectivity index (χ3n) is 2.61. The zero-order chi connectivity index (χ0) is 13.9. The molecule has 7 nitrogen and oxygen atoms in total. The van der Waals surface area contributed by atoms with Gasteiger partial charge in [0.15, 0.2) is 0 Å². The van der Waals surface area contributed by atoms with Crippen molar-refractivity contribution >= 4 is 11.8 Å². The molecule has 0 aliphatic rings. The molecule has 0 radical (unpaired) electrons. The van der Waals surface area contributed by atoms with Gasteiger partial charge >= 0.3 is 0 Å². The van der Waals surface area contributed by atoms with E-state index < -0.39 is 11.8 Å². The predicted octanol–water partition coefficient (Wildman–Crippen LogP) is 0.852. The smallest absolute Gasteiger partial charge is 0.265 e. The van der Waals surface area contributed by atoms with E-state index in [1.165, 1.54) is 36.9 Å². The first-order valence-electron chi connectivity index (χ1n) is 5.81. The quantitative estimate of drug-likeness (QED) is 0.687. The molecule has 0 fully saturated rings. The summed E-state index contributed by atoms with van der Waals surface area (Å²) in [5.41, 5.74) is 0.290.